The Morgan fingerprint density at radius 2 is 1.67 bits per heavy atom. The van der Waals surface area contributed by atoms with E-state index in [0.717, 1.165) is 24.3 Å². The lowest BCUT2D eigenvalue weighted by atomic mass is 10.3. The van der Waals surface area contributed by atoms with Gasteiger partial charge in [0.25, 0.3) is 0 Å². The van der Waals surface area contributed by atoms with Gasteiger partial charge in [0.05, 0.1) is 6.61 Å². The predicted octanol–water partition coefficient (Wildman–Crippen LogP) is 2.83. The molecular weight excluding hydrogens is 230 g/mol. The second kappa shape index (κ2) is 8.78. The van der Waals surface area contributed by atoms with Crippen molar-refractivity contribution in [2.45, 2.75) is 33.0 Å². The largest absolute Gasteiger partial charge is 0.494 e. The molecule has 0 radical (unpaired) electrons. The van der Waals surface area contributed by atoms with Crippen molar-refractivity contribution < 1.29 is 14.2 Å². The van der Waals surface area contributed by atoms with Crippen molar-refractivity contribution in [3.63, 3.8) is 0 Å². The first-order valence-electron chi connectivity index (χ1n) is 6.47. The quantitative estimate of drug-likeness (QED) is 0.418. The fourth-order valence-corrected chi connectivity index (χ4v) is 1.59. The zero-order chi connectivity index (χ0) is 13.2. The van der Waals surface area contributed by atoms with Crippen LogP contribution >= 0.6 is 0 Å². The molecule has 18 heavy (non-hydrogen) atoms. The van der Waals surface area contributed by atoms with Crippen LogP contribution < -0.4 is 10.5 Å². The van der Waals surface area contributed by atoms with E-state index < -0.39 is 0 Å². The molecule has 0 bridgehead atoms. The van der Waals surface area contributed by atoms with E-state index in [9.17, 15) is 0 Å². The summed E-state index contributed by atoms with van der Waals surface area (Å²) in [5.74, 6) is 0.841. The van der Waals surface area contributed by atoms with Crippen molar-refractivity contribution in [1.29, 1.82) is 0 Å². The Hall–Kier alpha value is -1.26. The Labute approximate surface area is 109 Å². The van der Waals surface area contributed by atoms with Gasteiger partial charge in [0.15, 0.2) is 6.29 Å². The zero-order valence-corrected chi connectivity index (χ0v) is 11.2. The minimum absolute atomic E-state index is 0.116. The Morgan fingerprint density at radius 1 is 1.06 bits per heavy atom. The molecule has 0 aromatic heterocycles. The van der Waals surface area contributed by atoms with Crippen LogP contribution in [0.25, 0.3) is 0 Å². The molecule has 0 amide bonds. The number of nitrogens with two attached hydrogens (primary N) is 1. The summed E-state index contributed by atoms with van der Waals surface area (Å²) in [4.78, 5) is 0. The number of ether oxygens (including phenoxy) is 3. The van der Waals surface area contributed by atoms with Crippen LogP contribution in [0.5, 0.6) is 5.75 Å². The van der Waals surface area contributed by atoms with E-state index in [-0.39, 0.29) is 6.29 Å². The van der Waals surface area contributed by atoms with E-state index >= 15 is 0 Å². The Bertz CT molecular complexity index is 307. The van der Waals surface area contributed by atoms with Crippen LogP contribution in [0.2, 0.25) is 0 Å². The Balaban J connectivity index is 2.18. The smallest absolute Gasteiger partial charge is 0.157 e. The summed E-state index contributed by atoms with van der Waals surface area (Å²) >= 11 is 0. The van der Waals surface area contributed by atoms with Gasteiger partial charge in [-0.25, -0.2) is 0 Å². The van der Waals surface area contributed by atoms with Crippen LogP contribution in [-0.4, -0.2) is 26.1 Å². The molecule has 0 spiro atoms. The fraction of sp³-hybridized carbons (Fsp3) is 0.571. The maximum Gasteiger partial charge on any atom is 0.157 e. The van der Waals surface area contributed by atoms with Crippen LogP contribution in [-0.2, 0) is 9.47 Å². The molecule has 0 fully saturated rings. The lowest BCUT2D eigenvalue weighted by Gasteiger charge is -2.16. The van der Waals surface area contributed by atoms with Gasteiger partial charge in [-0.3, -0.25) is 0 Å². The summed E-state index contributed by atoms with van der Waals surface area (Å²) in [6.45, 7) is 5.93. The molecule has 102 valence electrons. The number of anilines is 1. The topological polar surface area (TPSA) is 53.7 Å². The third-order valence-corrected chi connectivity index (χ3v) is 2.44. The third kappa shape index (κ3) is 5.89. The standard InChI is InChI=1S/C14H23NO3/c1-3-16-14(17-4-2)6-5-11-18-13-9-7-12(15)8-10-13/h7-10,14H,3-6,11,15H2,1-2H3. The third-order valence-electron chi connectivity index (χ3n) is 2.44. The van der Waals surface area contributed by atoms with Crippen LogP contribution in [0.15, 0.2) is 24.3 Å². The SMILES string of the molecule is CCOC(CCCOc1ccc(N)cc1)OCC. The highest BCUT2D eigenvalue weighted by Gasteiger charge is 2.07. The molecule has 0 aliphatic rings. The van der Waals surface area contributed by atoms with E-state index in [1.165, 1.54) is 0 Å². The van der Waals surface area contributed by atoms with Crippen molar-refractivity contribution in [2.24, 2.45) is 0 Å². The van der Waals surface area contributed by atoms with Crippen molar-refractivity contribution in [2.75, 3.05) is 25.6 Å². The number of hydrogen-bond acceptors (Lipinski definition) is 4. The number of hydrogen-bond donors (Lipinski definition) is 1. The average molecular weight is 253 g/mol. The van der Waals surface area contributed by atoms with Crippen LogP contribution in [0.3, 0.4) is 0 Å². The first-order valence-corrected chi connectivity index (χ1v) is 6.47. The average Bonchev–Trinajstić information content (AvgIpc) is 2.37. The van der Waals surface area contributed by atoms with E-state index in [4.69, 9.17) is 19.9 Å². The molecule has 1 aromatic carbocycles. The normalized spacial score (nSPS) is 10.8. The minimum atomic E-state index is -0.116. The van der Waals surface area contributed by atoms with E-state index in [2.05, 4.69) is 0 Å². The molecule has 0 atom stereocenters. The van der Waals surface area contributed by atoms with Crippen molar-refractivity contribution in [1.82, 2.24) is 0 Å². The van der Waals surface area contributed by atoms with Gasteiger partial charge in [0.2, 0.25) is 0 Å². The molecule has 0 saturated carbocycles. The van der Waals surface area contributed by atoms with Gasteiger partial charge in [-0.1, -0.05) is 0 Å². The molecule has 1 aromatic rings. The van der Waals surface area contributed by atoms with E-state index in [1.807, 2.05) is 38.1 Å². The summed E-state index contributed by atoms with van der Waals surface area (Å²) in [5, 5.41) is 0. The molecule has 0 aliphatic carbocycles. The predicted molar refractivity (Wildman–Crippen MR) is 72.6 cm³/mol. The van der Waals surface area contributed by atoms with E-state index in [1.54, 1.807) is 0 Å². The Kier molecular flexibility index (Phi) is 7.22. The van der Waals surface area contributed by atoms with Crippen molar-refractivity contribution >= 4 is 5.69 Å². The number of benzene rings is 1. The Morgan fingerprint density at radius 3 is 2.22 bits per heavy atom. The van der Waals surface area contributed by atoms with Gasteiger partial charge in [-0.2, -0.15) is 0 Å². The zero-order valence-electron chi connectivity index (χ0n) is 11.2. The molecule has 0 unspecified atom stereocenters. The first kappa shape index (κ1) is 14.8. The van der Waals surface area contributed by atoms with Gasteiger partial charge < -0.3 is 19.9 Å². The highest BCUT2D eigenvalue weighted by Crippen LogP contribution is 2.14. The maximum absolute atomic E-state index is 5.60. The molecular formula is C14H23NO3. The molecule has 1 rings (SSSR count). The lowest BCUT2D eigenvalue weighted by Crippen LogP contribution is -2.18. The molecule has 4 nitrogen and oxygen atoms in total. The van der Waals surface area contributed by atoms with Crippen LogP contribution in [0, 0.1) is 0 Å². The number of nitrogen functional groups attached to an aromatic ring is 1. The summed E-state index contributed by atoms with van der Waals surface area (Å²) < 4.78 is 16.5. The second-order valence-electron chi connectivity index (χ2n) is 3.90. The fourth-order valence-electron chi connectivity index (χ4n) is 1.59. The lowest BCUT2D eigenvalue weighted by molar-refractivity contribution is -0.140. The molecule has 0 heterocycles. The highest BCUT2D eigenvalue weighted by atomic mass is 16.7. The monoisotopic (exact) mass is 253 g/mol. The van der Waals surface area contributed by atoms with E-state index in [0.29, 0.717) is 19.8 Å². The summed E-state index contributed by atoms with van der Waals surface area (Å²) in [6.07, 6.45) is 1.63. The minimum Gasteiger partial charge on any atom is -0.494 e. The molecule has 4 heteroatoms. The second-order valence-corrected chi connectivity index (χ2v) is 3.90. The van der Waals surface area contributed by atoms with Gasteiger partial charge in [0.1, 0.15) is 5.75 Å². The molecule has 0 aliphatic heterocycles. The molecule has 2 N–H and O–H groups in total. The summed E-state index contributed by atoms with van der Waals surface area (Å²) in [7, 11) is 0. The number of rotatable bonds is 9. The first-order chi connectivity index (χ1) is 8.76. The molecule has 0 saturated heterocycles. The van der Waals surface area contributed by atoms with Gasteiger partial charge >= 0.3 is 0 Å². The summed E-state index contributed by atoms with van der Waals surface area (Å²) in [5.41, 5.74) is 6.34. The highest BCUT2D eigenvalue weighted by molar-refractivity contribution is 5.41. The van der Waals surface area contributed by atoms with Gasteiger partial charge in [-0.05, 0) is 44.5 Å². The summed E-state index contributed by atoms with van der Waals surface area (Å²) in [6, 6.07) is 7.41. The van der Waals surface area contributed by atoms with Crippen LogP contribution in [0.4, 0.5) is 5.69 Å². The van der Waals surface area contributed by atoms with Crippen molar-refractivity contribution in [3.05, 3.63) is 24.3 Å². The van der Waals surface area contributed by atoms with Crippen molar-refractivity contribution in [3.8, 4) is 5.75 Å². The maximum atomic E-state index is 5.60. The van der Waals surface area contributed by atoms with Gasteiger partial charge in [0, 0.05) is 25.3 Å². The van der Waals surface area contributed by atoms with Gasteiger partial charge in [-0.15, -0.1) is 0 Å². The van der Waals surface area contributed by atoms with Crippen LogP contribution in [0.1, 0.15) is 26.7 Å².